The summed E-state index contributed by atoms with van der Waals surface area (Å²) in [6, 6.07) is 0. The van der Waals surface area contributed by atoms with Gasteiger partial charge in [0.25, 0.3) is 6.29 Å². The largest absolute Gasteiger partial charge is 0.477 e. The summed E-state index contributed by atoms with van der Waals surface area (Å²) in [5, 5.41) is 9.64. The van der Waals surface area contributed by atoms with Crippen LogP contribution in [0.1, 0.15) is 187 Å². The predicted molar refractivity (Wildman–Crippen MR) is 304 cm³/mol. The summed E-state index contributed by atoms with van der Waals surface area (Å²) < 4.78 is 22.7. The van der Waals surface area contributed by atoms with Crippen LogP contribution in [0, 0.1) is 0 Å². The minimum Gasteiger partial charge on any atom is -0.477 e. The average Bonchev–Trinajstić information content (AvgIpc) is 3.35. The van der Waals surface area contributed by atoms with Crippen molar-refractivity contribution in [1.29, 1.82) is 0 Å². The fourth-order valence-corrected chi connectivity index (χ4v) is 6.90. The Morgan fingerprint density at radius 2 is 0.792 bits per heavy atom. The van der Waals surface area contributed by atoms with Crippen LogP contribution >= 0.6 is 0 Å². The van der Waals surface area contributed by atoms with E-state index in [9.17, 15) is 19.5 Å². The van der Waals surface area contributed by atoms with Crippen molar-refractivity contribution in [1.82, 2.24) is 0 Å². The molecule has 0 saturated carbocycles. The summed E-state index contributed by atoms with van der Waals surface area (Å²) in [5.74, 6) is -2.05. The van der Waals surface area contributed by atoms with Gasteiger partial charge in [-0.2, -0.15) is 0 Å². The Balaban J connectivity index is 4.17. The molecule has 9 heteroatoms. The maximum atomic E-state index is 12.8. The Morgan fingerprint density at radius 1 is 0.431 bits per heavy atom. The zero-order valence-corrected chi connectivity index (χ0v) is 46.0. The van der Waals surface area contributed by atoms with E-state index in [0.29, 0.717) is 23.9 Å². The summed E-state index contributed by atoms with van der Waals surface area (Å²) in [7, 11) is 5.94. The number of hydrogen-bond donors (Lipinski definition) is 1. The molecule has 0 heterocycles. The SMILES string of the molecule is CC/C=C\C/C=C\C/C=C\C/C=C\C/C=C\C/C=C\C/C=C\C/C=C\C/C=C\C/C=C\C/C=C\CCCCCCCC(=O)OC(COC(=O)CCCCCCCCCC)COC(OCC[N+](C)(C)C)C(=O)O. The first-order valence-corrected chi connectivity index (χ1v) is 27.8. The van der Waals surface area contributed by atoms with Crippen molar-refractivity contribution in [2.75, 3.05) is 47.5 Å². The normalized spacial score (nSPS) is 13.8. The van der Waals surface area contributed by atoms with Gasteiger partial charge in [0.1, 0.15) is 13.2 Å². The van der Waals surface area contributed by atoms with Crippen LogP contribution in [0.4, 0.5) is 0 Å². The number of esters is 2. The van der Waals surface area contributed by atoms with E-state index in [2.05, 4.69) is 148 Å². The van der Waals surface area contributed by atoms with Crippen molar-refractivity contribution in [2.45, 2.75) is 200 Å². The Bertz CT molecular complexity index is 1640. The first kappa shape index (κ1) is 67.4. The van der Waals surface area contributed by atoms with Crippen molar-refractivity contribution in [2.24, 2.45) is 0 Å². The van der Waals surface area contributed by atoms with Crippen molar-refractivity contribution in [3.63, 3.8) is 0 Å². The fraction of sp³-hybridized carbons (Fsp3) is 0.603. The van der Waals surface area contributed by atoms with Gasteiger partial charge in [0.05, 0.1) is 34.4 Å². The third-order valence-corrected chi connectivity index (χ3v) is 11.2. The Hall–Kier alpha value is -4.57. The standard InChI is InChI=1S/C63H101NO8/c1-6-8-10-12-14-16-17-18-19-20-21-22-23-24-25-26-27-28-29-30-31-32-33-34-35-36-37-38-39-40-41-42-43-44-45-46-48-50-52-54-61(66)72-59(58-71-63(62(67)68)69-56-55-64(3,4)5)57-70-60(65)53-51-49-47-15-13-11-9-7-2/h8,10,14,16,18-19,21-22,24-25,27-28,30-31,33-34,36-37,39-40,42-43,59,63H,6-7,9,11-13,15,17,20,23,26,29,32,35,38,41,44-58H2,1-5H3/p+1/b10-8-,16-14-,19-18-,22-21-,25-24-,28-27-,31-30-,34-33-,37-36-,40-39-,43-42-. The molecule has 2 atom stereocenters. The van der Waals surface area contributed by atoms with Crippen LogP contribution in [0.25, 0.3) is 0 Å². The molecule has 2 unspecified atom stereocenters. The summed E-state index contributed by atoms with van der Waals surface area (Å²) in [6.07, 6.45) is 72.7. The lowest BCUT2D eigenvalue weighted by atomic mass is 10.1. The Morgan fingerprint density at radius 3 is 1.18 bits per heavy atom. The number of unbranched alkanes of at least 4 members (excludes halogenated alkanes) is 12. The number of quaternary nitrogens is 1. The van der Waals surface area contributed by atoms with Crippen LogP contribution < -0.4 is 0 Å². The first-order chi connectivity index (χ1) is 35.1. The highest BCUT2D eigenvalue weighted by atomic mass is 16.7. The van der Waals surface area contributed by atoms with Gasteiger partial charge in [-0.3, -0.25) is 9.59 Å². The average molecular weight is 1000 g/mol. The quantitative estimate of drug-likeness (QED) is 0.0211. The molecule has 1 N–H and O–H groups in total. The minimum atomic E-state index is -1.52. The van der Waals surface area contributed by atoms with Crippen LogP contribution in [-0.4, -0.2) is 87.4 Å². The van der Waals surface area contributed by atoms with Gasteiger partial charge < -0.3 is 28.5 Å². The topological polar surface area (TPSA) is 108 Å². The molecular weight excluding hydrogens is 899 g/mol. The first-order valence-electron chi connectivity index (χ1n) is 27.8. The lowest BCUT2D eigenvalue weighted by Crippen LogP contribution is -2.40. The molecule has 406 valence electrons. The maximum Gasteiger partial charge on any atom is 0.361 e. The van der Waals surface area contributed by atoms with E-state index in [1.165, 1.54) is 32.1 Å². The van der Waals surface area contributed by atoms with Gasteiger partial charge >= 0.3 is 17.9 Å². The molecule has 0 spiro atoms. The van der Waals surface area contributed by atoms with Crippen LogP contribution in [0.2, 0.25) is 0 Å². The molecule has 0 aliphatic carbocycles. The molecule has 0 aromatic carbocycles. The molecule has 0 aliphatic heterocycles. The summed E-state index contributed by atoms with van der Waals surface area (Å²) >= 11 is 0. The second kappa shape index (κ2) is 52.7. The lowest BCUT2D eigenvalue weighted by Gasteiger charge is -2.25. The number of hydrogen-bond acceptors (Lipinski definition) is 7. The van der Waals surface area contributed by atoms with E-state index in [4.69, 9.17) is 18.9 Å². The van der Waals surface area contributed by atoms with Crippen LogP contribution in [0.15, 0.2) is 134 Å². The van der Waals surface area contributed by atoms with Crippen molar-refractivity contribution < 1.29 is 42.9 Å². The highest BCUT2D eigenvalue weighted by Crippen LogP contribution is 2.13. The van der Waals surface area contributed by atoms with E-state index >= 15 is 0 Å². The van der Waals surface area contributed by atoms with E-state index in [0.717, 1.165) is 122 Å². The number of ether oxygens (including phenoxy) is 4. The minimum absolute atomic E-state index is 0.178. The smallest absolute Gasteiger partial charge is 0.361 e. The van der Waals surface area contributed by atoms with Crippen LogP contribution in [-0.2, 0) is 33.3 Å². The third kappa shape index (κ3) is 53.2. The predicted octanol–water partition coefficient (Wildman–Crippen LogP) is 16.3. The number of carboxylic acid groups (broad SMARTS) is 1. The van der Waals surface area contributed by atoms with Crippen molar-refractivity contribution in [3.8, 4) is 0 Å². The van der Waals surface area contributed by atoms with E-state index in [-0.39, 0.29) is 32.2 Å². The number of carbonyl (C=O) groups excluding carboxylic acids is 2. The van der Waals surface area contributed by atoms with E-state index < -0.39 is 24.3 Å². The maximum absolute atomic E-state index is 12.8. The molecule has 0 rings (SSSR count). The molecular formula is C63H102NO8+. The van der Waals surface area contributed by atoms with Gasteiger partial charge in [0, 0.05) is 12.8 Å². The van der Waals surface area contributed by atoms with E-state index in [1.807, 2.05) is 21.1 Å². The van der Waals surface area contributed by atoms with Gasteiger partial charge in [0.2, 0.25) is 0 Å². The van der Waals surface area contributed by atoms with Gasteiger partial charge in [-0.15, -0.1) is 0 Å². The van der Waals surface area contributed by atoms with Gasteiger partial charge in [0.15, 0.2) is 6.10 Å². The van der Waals surface area contributed by atoms with Crippen molar-refractivity contribution in [3.05, 3.63) is 134 Å². The summed E-state index contributed by atoms with van der Waals surface area (Å²) in [5.41, 5.74) is 0. The second-order valence-electron chi connectivity index (χ2n) is 19.2. The number of carboxylic acids is 1. The number of likely N-dealkylation sites (N-methyl/N-ethyl adjacent to an activating group) is 1. The zero-order valence-electron chi connectivity index (χ0n) is 46.0. The monoisotopic (exact) mass is 1000 g/mol. The number of carbonyl (C=O) groups is 3. The van der Waals surface area contributed by atoms with Crippen LogP contribution in [0.5, 0.6) is 0 Å². The van der Waals surface area contributed by atoms with Gasteiger partial charge in [-0.1, -0.05) is 212 Å². The molecule has 0 radical (unpaired) electrons. The third-order valence-electron chi connectivity index (χ3n) is 11.2. The molecule has 0 aromatic heterocycles. The van der Waals surface area contributed by atoms with Crippen molar-refractivity contribution >= 4 is 17.9 Å². The number of aliphatic carboxylic acids is 1. The van der Waals surface area contributed by atoms with E-state index in [1.54, 1.807) is 0 Å². The molecule has 9 nitrogen and oxygen atoms in total. The highest BCUT2D eigenvalue weighted by Gasteiger charge is 2.25. The second-order valence-corrected chi connectivity index (χ2v) is 19.2. The number of rotatable bonds is 49. The molecule has 0 fully saturated rings. The Kier molecular flexibility index (Phi) is 49.4. The highest BCUT2D eigenvalue weighted by molar-refractivity contribution is 5.71. The molecule has 0 aliphatic rings. The molecule has 0 aromatic rings. The Labute approximate surface area is 439 Å². The lowest BCUT2D eigenvalue weighted by molar-refractivity contribution is -0.870. The zero-order chi connectivity index (χ0) is 52.7. The number of allylic oxidation sites excluding steroid dienone is 22. The van der Waals surface area contributed by atoms with Gasteiger partial charge in [-0.05, 0) is 96.3 Å². The number of nitrogens with zero attached hydrogens (tertiary/aromatic N) is 1. The fourth-order valence-electron chi connectivity index (χ4n) is 6.90. The molecule has 0 bridgehead atoms. The molecule has 72 heavy (non-hydrogen) atoms. The molecule has 0 amide bonds. The molecule has 0 saturated heterocycles. The van der Waals surface area contributed by atoms with Gasteiger partial charge in [-0.25, -0.2) is 4.79 Å². The summed E-state index contributed by atoms with van der Waals surface area (Å²) in [4.78, 5) is 37.1. The van der Waals surface area contributed by atoms with Crippen LogP contribution in [0.3, 0.4) is 0 Å². The summed E-state index contributed by atoms with van der Waals surface area (Å²) in [6.45, 7) is 4.67.